The minimum absolute atomic E-state index is 0.113. The Kier molecular flexibility index (Phi) is 5.48. The average molecular weight is 378 g/mol. The number of fused-ring (bicyclic) bond motifs is 1. The highest BCUT2D eigenvalue weighted by Gasteiger charge is 2.56. The molecule has 4 heteroatoms. The van der Waals surface area contributed by atoms with Gasteiger partial charge in [0.05, 0.1) is 25.4 Å². The standard InChI is InChI=1S/C23H39NO3/c1-16-4-5-19-21(26)20(7-9-22(16,19)2)23(3)8-6-18(25)14-17(23)15-24-10-12-27-13-11-24/h17-21,25-26H,1,4-15H2,2-3H3/t17-,18+,19?,20?,21-,22+,23+/m1/s1. The molecule has 2 unspecified atom stereocenters. The Bertz CT molecular complexity index is 560. The Morgan fingerprint density at radius 2 is 1.81 bits per heavy atom. The molecule has 154 valence electrons. The largest absolute Gasteiger partial charge is 0.393 e. The van der Waals surface area contributed by atoms with Crippen LogP contribution in [0.2, 0.25) is 0 Å². The number of allylic oxidation sites excluding steroid dienone is 1. The van der Waals surface area contributed by atoms with Gasteiger partial charge in [0.15, 0.2) is 0 Å². The van der Waals surface area contributed by atoms with Gasteiger partial charge in [-0.1, -0.05) is 26.0 Å². The Balaban J connectivity index is 1.54. The quantitative estimate of drug-likeness (QED) is 0.742. The topological polar surface area (TPSA) is 52.9 Å². The van der Waals surface area contributed by atoms with E-state index in [9.17, 15) is 10.2 Å². The first-order valence-electron chi connectivity index (χ1n) is 11.2. The molecule has 1 saturated heterocycles. The van der Waals surface area contributed by atoms with E-state index in [1.54, 1.807) is 0 Å². The average Bonchev–Trinajstić information content (AvgIpc) is 2.95. The van der Waals surface area contributed by atoms with Gasteiger partial charge in [-0.25, -0.2) is 0 Å². The van der Waals surface area contributed by atoms with Crippen LogP contribution in [0.25, 0.3) is 0 Å². The first-order chi connectivity index (χ1) is 12.8. The molecule has 2 N–H and O–H groups in total. The van der Waals surface area contributed by atoms with Crippen molar-refractivity contribution in [3.05, 3.63) is 12.2 Å². The summed E-state index contributed by atoms with van der Waals surface area (Å²) in [6.45, 7) is 13.8. The van der Waals surface area contributed by atoms with Crippen molar-refractivity contribution >= 4 is 0 Å². The molecule has 0 aromatic carbocycles. The van der Waals surface area contributed by atoms with Gasteiger partial charge in [0.25, 0.3) is 0 Å². The lowest BCUT2D eigenvalue weighted by Gasteiger charge is -2.56. The second kappa shape index (κ2) is 7.44. The van der Waals surface area contributed by atoms with Crippen molar-refractivity contribution in [3.8, 4) is 0 Å². The van der Waals surface area contributed by atoms with Crippen LogP contribution in [0.5, 0.6) is 0 Å². The highest BCUT2D eigenvalue weighted by molar-refractivity contribution is 5.21. The molecule has 0 spiro atoms. The van der Waals surface area contributed by atoms with E-state index in [0.29, 0.717) is 17.8 Å². The highest BCUT2D eigenvalue weighted by Crippen LogP contribution is 2.61. The maximum atomic E-state index is 11.5. The Hall–Kier alpha value is -0.420. The molecule has 0 aromatic heterocycles. The molecule has 4 rings (SSSR count). The van der Waals surface area contributed by atoms with Gasteiger partial charge in [0.2, 0.25) is 0 Å². The molecule has 3 aliphatic carbocycles. The lowest BCUT2D eigenvalue weighted by molar-refractivity contribution is -0.125. The zero-order chi connectivity index (χ0) is 19.2. The van der Waals surface area contributed by atoms with Gasteiger partial charge in [-0.05, 0) is 73.5 Å². The molecule has 4 aliphatic rings. The molecule has 1 heterocycles. The zero-order valence-corrected chi connectivity index (χ0v) is 17.3. The van der Waals surface area contributed by atoms with Gasteiger partial charge < -0.3 is 14.9 Å². The van der Waals surface area contributed by atoms with Crippen molar-refractivity contribution in [3.63, 3.8) is 0 Å². The molecule has 0 radical (unpaired) electrons. The van der Waals surface area contributed by atoms with Crippen LogP contribution in [-0.2, 0) is 4.74 Å². The summed E-state index contributed by atoms with van der Waals surface area (Å²) in [6.07, 6.45) is 6.84. The fourth-order valence-corrected chi connectivity index (χ4v) is 7.00. The van der Waals surface area contributed by atoms with Gasteiger partial charge in [-0.15, -0.1) is 0 Å². The van der Waals surface area contributed by atoms with Crippen molar-refractivity contribution in [1.82, 2.24) is 4.90 Å². The first kappa shape index (κ1) is 19.9. The molecule has 4 nitrogen and oxygen atoms in total. The van der Waals surface area contributed by atoms with Crippen LogP contribution in [0.4, 0.5) is 0 Å². The number of morpholine rings is 1. The number of ether oxygens (including phenoxy) is 1. The van der Waals surface area contributed by atoms with Gasteiger partial charge in [-0.3, -0.25) is 4.90 Å². The fraction of sp³-hybridized carbons (Fsp3) is 0.913. The summed E-state index contributed by atoms with van der Waals surface area (Å²) < 4.78 is 5.52. The van der Waals surface area contributed by atoms with Crippen LogP contribution in [0.1, 0.15) is 58.8 Å². The molecule has 27 heavy (non-hydrogen) atoms. The Morgan fingerprint density at radius 3 is 2.56 bits per heavy atom. The summed E-state index contributed by atoms with van der Waals surface area (Å²) in [7, 11) is 0. The van der Waals surface area contributed by atoms with Crippen LogP contribution in [-0.4, -0.2) is 60.2 Å². The summed E-state index contributed by atoms with van der Waals surface area (Å²) in [6, 6.07) is 0. The van der Waals surface area contributed by atoms with Crippen molar-refractivity contribution in [2.45, 2.75) is 71.0 Å². The lowest BCUT2D eigenvalue weighted by atomic mass is 9.52. The van der Waals surface area contributed by atoms with Crippen molar-refractivity contribution in [2.75, 3.05) is 32.8 Å². The van der Waals surface area contributed by atoms with Gasteiger partial charge in [0.1, 0.15) is 0 Å². The second-order valence-corrected chi connectivity index (χ2v) is 10.3. The summed E-state index contributed by atoms with van der Waals surface area (Å²) in [5, 5.41) is 21.9. The van der Waals surface area contributed by atoms with Gasteiger partial charge >= 0.3 is 0 Å². The monoisotopic (exact) mass is 377 g/mol. The van der Waals surface area contributed by atoms with Crippen molar-refractivity contribution in [1.29, 1.82) is 0 Å². The third-order valence-electron chi connectivity index (χ3n) is 9.12. The summed E-state index contributed by atoms with van der Waals surface area (Å²) in [5.74, 6) is 1.17. The summed E-state index contributed by atoms with van der Waals surface area (Å²) >= 11 is 0. The molecular formula is C23H39NO3. The molecule has 7 atom stereocenters. The van der Waals surface area contributed by atoms with E-state index in [1.165, 1.54) is 12.0 Å². The van der Waals surface area contributed by atoms with Crippen LogP contribution < -0.4 is 0 Å². The molecule has 4 fully saturated rings. The van der Waals surface area contributed by atoms with E-state index in [2.05, 4.69) is 25.3 Å². The Labute approximate surface area is 165 Å². The maximum Gasteiger partial charge on any atom is 0.0610 e. The van der Waals surface area contributed by atoms with Crippen LogP contribution >= 0.6 is 0 Å². The molecule has 0 bridgehead atoms. The van der Waals surface area contributed by atoms with Gasteiger partial charge in [0, 0.05) is 19.6 Å². The normalized spacial score (nSPS) is 49.2. The number of aliphatic hydroxyl groups is 2. The molecule has 3 saturated carbocycles. The summed E-state index contributed by atoms with van der Waals surface area (Å²) in [5.41, 5.74) is 1.61. The van der Waals surface area contributed by atoms with E-state index < -0.39 is 0 Å². The molecule has 0 aromatic rings. The minimum Gasteiger partial charge on any atom is -0.393 e. The van der Waals surface area contributed by atoms with Crippen LogP contribution in [0, 0.1) is 28.6 Å². The number of hydrogen-bond donors (Lipinski definition) is 2. The SMILES string of the molecule is C=C1CCC2[C@@H](O)C([C@@]3(C)CC[C@H](O)C[C@@H]3CN3CCOCC3)CC[C@@]12C. The van der Waals surface area contributed by atoms with E-state index in [-0.39, 0.29) is 23.0 Å². The van der Waals surface area contributed by atoms with E-state index in [4.69, 9.17) is 4.74 Å². The predicted octanol–water partition coefficient (Wildman–Crippen LogP) is 3.23. The maximum absolute atomic E-state index is 11.5. The number of rotatable bonds is 3. The van der Waals surface area contributed by atoms with Crippen molar-refractivity contribution in [2.24, 2.45) is 28.6 Å². The lowest BCUT2D eigenvalue weighted by Crippen LogP contribution is -2.55. The summed E-state index contributed by atoms with van der Waals surface area (Å²) in [4.78, 5) is 2.52. The first-order valence-corrected chi connectivity index (χ1v) is 11.2. The van der Waals surface area contributed by atoms with Crippen LogP contribution in [0.15, 0.2) is 12.2 Å². The molecule has 0 amide bonds. The third kappa shape index (κ3) is 3.41. The minimum atomic E-state index is -0.226. The number of aliphatic hydroxyl groups excluding tert-OH is 2. The molecular weight excluding hydrogens is 338 g/mol. The van der Waals surface area contributed by atoms with E-state index >= 15 is 0 Å². The van der Waals surface area contributed by atoms with Gasteiger partial charge in [-0.2, -0.15) is 0 Å². The predicted molar refractivity (Wildman–Crippen MR) is 107 cm³/mol. The Morgan fingerprint density at radius 1 is 1.07 bits per heavy atom. The third-order valence-corrected chi connectivity index (χ3v) is 9.12. The fourth-order valence-electron chi connectivity index (χ4n) is 7.00. The van der Waals surface area contributed by atoms with Crippen LogP contribution in [0.3, 0.4) is 0 Å². The smallest absolute Gasteiger partial charge is 0.0610 e. The van der Waals surface area contributed by atoms with Crippen molar-refractivity contribution < 1.29 is 14.9 Å². The zero-order valence-electron chi connectivity index (χ0n) is 17.3. The number of nitrogens with zero attached hydrogens (tertiary/aromatic N) is 1. The second-order valence-electron chi connectivity index (χ2n) is 10.3. The van der Waals surface area contributed by atoms with E-state index in [0.717, 1.165) is 71.4 Å². The highest BCUT2D eigenvalue weighted by atomic mass is 16.5. The molecule has 1 aliphatic heterocycles. The number of hydrogen-bond acceptors (Lipinski definition) is 4. The van der Waals surface area contributed by atoms with E-state index in [1.807, 2.05) is 0 Å².